The molecule has 1 atom stereocenters. The molecule has 0 spiro atoms. The van der Waals surface area contributed by atoms with Crippen LogP contribution in [0, 0.1) is 5.92 Å². The van der Waals surface area contributed by atoms with Crippen LogP contribution in [-0.2, 0) is 9.59 Å². The molecule has 0 aromatic carbocycles. The molecule has 0 bridgehead atoms. The van der Waals surface area contributed by atoms with Crippen LogP contribution < -0.4 is 10.6 Å². The molecule has 2 amide bonds. The van der Waals surface area contributed by atoms with E-state index in [1.807, 2.05) is 11.8 Å². The number of rotatable bonds is 4. The molecule has 1 heterocycles. The first-order chi connectivity index (χ1) is 9.66. The van der Waals surface area contributed by atoms with Gasteiger partial charge in [0, 0.05) is 32.1 Å². The quantitative estimate of drug-likeness (QED) is 0.804. The van der Waals surface area contributed by atoms with Crippen LogP contribution in [0.4, 0.5) is 0 Å². The summed E-state index contributed by atoms with van der Waals surface area (Å²) in [4.78, 5) is 25.8. The number of hydrogen-bond acceptors (Lipinski definition) is 3. The van der Waals surface area contributed by atoms with Gasteiger partial charge < -0.3 is 15.5 Å². The van der Waals surface area contributed by atoms with Crippen molar-refractivity contribution >= 4 is 11.8 Å². The summed E-state index contributed by atoms with van der Waals surface area (Å²) in [5.41, 5.74) is 0. The molecular weight excluding hydrogens is 254 g/mol. The fraction of sp³-hybridized carbons (Fsp3) is 0.867. The molecule has 114 valence electrons. The van der Waals surface area contributed by atoms with E-state index >= 15 is 0 Å². The van der Waals surface area contributed by atoms with Crippen molar-refractivity contribution in [1.82, 2.24) is 15.5 Å². The summed E-state index contributed by atoms with van der Waals surface area (Å²) < 4.78 is 0. The zero-order valence-electron chi connectivity index (χ0n) is 12.5. The van der Waals surface area contributed by atoms with Crippen LogP contribution in [-0.4, -0.2) is 48.9 Å². The summed E-state index contributed by atoms with van der Waals surface area (Å²) >= 11 is 0. The van der Waals surface area contributed by atoms with Crippen LogP contribution in [0.3, 0.4) is 0 Å². The van der Waals surface area contributed by atoms with Gasteiger partial charge in [0.2, 0.25) is 11.8 Å². The summed E-state index contributed by atoms with van der Waals surface area (Å²) in [6.45, 7) is 4.59. The van der Waals surface area contributed by atoms with Crippen molar-refractivity contribution in [2.24, 2.45) is 5.92 Å². The van der Waals surface area contributed by atoms with E-state index in [1.54, 1.807) is 0 Å². The summed E-state index contributed by atoms with van der Waals surface area (Å²) in [6.07, 6.45) is 6.71. The average Bonchev–Trinajstić information content (AvgIpc) is 2.46. The topological polar surface area (TPSA) is 61.4 Å². The smallest absolute Gasteiger partial charge is 0.242 e. The molecule has 20 heavy (non-hydrogen) atoms. The van der Waals surface area contributed by atoms with Gasteiger partial charge in [0.1, 0.15) is 0 Å². The lowest BCUT2D eigenvalue weighted by molar-refractivity contribution is -0.135. The SMILES string of the molecule is CC1CNCCN1C(=O)CNC(=O)CC1CCCCC1. The highest BCUT2D eigenvalue weighted by molar-refractivity contribution is 5.85. The normalized spacial score (nSPS) is 24.4. The molecule has 2 fully saturated rings. The molecule has 0 aromatic rings. The number of piperazine rings is 1. The second-order valence-corrected chi connectivity index (χ2v) is 6.13. The summed E-state index contributed by atoms with van der Waals surface area (Å²) in [5, 5.41) is 6.05. The minimum Gasteiger partial charge on any atom is -0.347 e. The van der Waals surface area contributed by atoms with Crippen molar-refractivity contribution in [3.63, 3.8) is 0 Å². The molecule has 2 N–H and O–H groups in total. The van der Waals surface area contributed by atoms with Gasteiger partial charge in [-0.3, -0.25) is 9.59 Å². The van der Waals surface area contributed by atoms with Gasteiger partial charge in [-0.1, -0.05) is 19.3 Å². The van der Waals surface area contributed by atoms with Crippen LogP contribution in [0.25, 0.3) is 0 Å². The Morgan fingerprint density at radius 3 is 2.70 bits per heavy atom. The van der Waals surface area contributed by atoms with Crippen molar-refractivity contribution in [3.05, 3.63) is 0 Å². The Morgan fingerprint density at radius 2 is 2.00 bits per heavy atom. The minimum absolute atomic E-state index is 0.0352. The fourth-order valence-corrected chi connectivity index (χ4v) is 3.21. The van der Waals surface area contributed by atoms with Gasteiger partial charge in [-0.25, -0.2) is 0 Å². The predicted octanol–water partition coefficient (Wildman–Crippen LogP) is 0.893. The van der Waals surface area contributed by atoms with E-state index < -0.39 is 0 Å². The van der Waals surface area contributed by atoms with Gasteiger partial charge in [-0.2, -0.15) is 0 Å². The lowest BCUT2D eigenvalue weighted by atomic mass is 9.87. The molecule has 1 unspecified atom stereocenters. The van der Waals surface area contributed by atoms with E-state index in [0.717, 1.165) is 32.5 Å². The van der Waals surface area contributed by atoms with Gasteiger partial charge in [0.05, 0.1) is 6.54 Å². The summed E-state index contributed by atoms with van der Waals surface area (Å²) in [5.74, 6) is 0.598. The third-order valence-corrected chi connectivity index (χ3v) is 4.46. The molecule has 1 saturated carbocycles. The zero-order valence-corrected chi connectivity index (χ0v) is 12.5. The summed E-state index contributed by atoms with van der Waals surface area (Å²) in [7, 11) is 0. The van der Waals surface area contributed by atoms with E-state index in [9.17, 15) is 9.59 Å². The first-order valence-electron chi connectivity index (χ1n) is 7.93. The highest BCUT2D eigenvalue weighted by atomic mass is 16.2. The van der Waals surface area contributed by atoms with Crippen molar-refractivity contribution in [2.45, 2.75) is 51.5 Å². The van der Waals surface area contributed by atoms with E-state index in [1.165, 1.54) is 19.3 Å². The highest BCUT2D eigenvalue weighted by Gasteiger charge is 2.23. The number of carbonyl (C=O) groups is 2. The highest BCUT2D eigenvalue weighted by Crippen LogP contribution is 2.25. The van der Waals surface area contributed by atoms with Crippen LogP contribution in [0.2, 0.25) is 0 Å². The van der Waals surface area contributed by atoms with Crippen LogP contribution in [0.1, 0.15) is 45.4 Å². The Bertz CT molecular complexity index is 340. The van der Waals surface area contributed by atoms with E-state index in [-0.39, 0.29) is 24.4 Å². The fourth-order valence-electron chi connectivity index (χ4n) is 3.21. The molecule has 1 aliphatic carbocycles. The molecule has 1 aliphatic heterocycles. The van der Waals surface area contributed by atoms with Crippen LogP contribution in [0.15, 0.2) is 0 Å². The van der Waals surface area contributed by atoms with E-state index in [2.05, 4.69) is 10.6 Å². The Balaban J connectivity index is 1.68. The molecule has 5 heteroatoms. The molecule has 1 saturated heterocycles. The van der Waals surface area contributed by atoms with Crippen LogP contribution in [0.5, 0.6) is 0 Å². The molecule has 0 aromatic heterocycles. The first-order valence-corrected chi connectivity index (χ1v) is 7.93. The lowest BCUT2D eigenvalue weighted by Gasteiger charge is -2.34. The van der Waals surface area contributed by atoms with E-state index in [4.69, 9.17) is 0 Å². The monoisotopic (exact) mass is 281 g/mol. The van der Waals surface area contributed by atoms with Crippen LogP contribution >= 0.6 is 0 Å². The van der Waals surface area contributed by atoms with E-state index in [0.29, 0.717) is 12.3 Å². The molecule has 5 nitrogen and oxygen atoms in total. The maximum Gasteiger partial charge on any atom is 0.242 e. The van der Waals surface area contributed by atoms with Gasteiger partial charge in [0.25, 0.3) is 0 Å². The average molecular weight is 281 g/mol. The lowest BCUT2D eigenvalue weighted by Crippen LogP contribution is -2.54. The predicted molar refractivity (Wildman–Crippen MR) is 78.2 cm³/mol. The number of carbonyl (C=O) groups excluding carboxylic acids is 2. The van der Waals surface area contributed by atoms with Crippen molar-refractivity contribution in [3.8, 4) is 0 Å². The Labute approximate surface area is 121 Å². The Hall–Kier alpha value is -1.10. The third-order valence-electron chi connectivity index (χ3n) is 4.46. The molecule has 2 aliphatic rings. The zero-order chi connectivity index (χ0) is 14.4. The van der Waals surface area contributed by atoms with Gasteiger partial charge >= 0.3 is 0 Å². The van der Waals surface area contributed by atoms with Crippen molar-refractivity contribution in [2.75, 3.05) is 26.2 Å². The van der Waals surface area contributed by atoms with Gasteiger partial charge in [-0.05, 0) is 25.7 Å². The second kappa shape index (κ2) is 7.62. The number of nitrogens with zero attached hydrogens (tertiary/aromatic N) is 1. The maximum absolute atomic E-state index is 12.1. The Morgan fingerprint density at radius 1 is 1.25 bits per heavy atom. The molecule has 2 rings (SSSR count). The van der Waals surface area contributed by atoms with Gasteiger partial charge in [0.15, 0.2) is 0 Å². The Kier molecular flexibility index (Phi) is 5.83. The summed E-state index contributed by atoms with van der Waals surface area (Å²) in [6, 6.07) is 0.214. The minimum atomic E-state index is 0.0352. The largest absolute Gasteiger partial charge is 0.347 e. The number of hydrogen-bond donors (Lipinski definition) is 2. The third kappa shape index (κ3) is 4.47. The van der Waals surface area contributed by atoms with Crippen molar-refractivity contribution < 1.29 is 9.59 Å². The van der Waals surface area contributed by atoms with Crippen molar-refractivity contribution in [1.29, 1.82) is 0 Å². The maximum atomic E-state index is 12.1. The first kappa shape index (κ1) is 15.3. The number of amides is 2. The standard InChI is InChI=1S/C15H27N3O2/c1-12-10-16-7-8-18(12)15(20)11-17-14(19)9-13-5-3-2-4-6-13/h12-13,16H,2-11H2,1H3,(H,17,19). The number of nitrogens with one attached hydrogen (secondary N) is 2. The van der Waals surface area contributed by atoms with Gasteiger partial charge in [-0.15, -0.1) is 0 Å². The second-order valence-electron chi connectivity index (χ2n) is 6.13. The molecule has 0 radical (unpaired) electrons. The molecular formula is C15H27N3O2.